The lowest BCUT2D eigenvalue weighted by atomic mass is 10.1. The van der Waals surface area contributed by atoms with Crippen molar-refractivity contribution in [3.63, 3.8) is 0 Å². The summed E-state index contributed by atoms with van der Waals surface area (Å²) >= 11 is -0.389. The Morgan fingerprint density at radius 3 is 2.25 bits per heavy atom. The van der Waals surface area contributed by atoms with Crippen LogP contribution in [-0.2, 0) is 0 Å². The van der Waals surface area contributed by atoms with Crippen LogP contribution < -0.4 is 0 Å². The highest BCUT2D eigenvalue weighted by Crippen LogP contribution is 2.28. The van der Waals surface area contributed by atoms with Crippen LogP contribution in [0.15, 0.2) is 24.3 Å². The summed E-state index contributed by atoms with van der Waals surface area (Å²) in [5.74, 6) is 2.26. The molecule has 0 heterocycles. The molecule has 0 spiro atoms. The van der Waals surface area contributed by atoms with Crippen molar-refractivity contribution in [2.24, 2.45) is 0 Å². The molecule has 0 unspecified atom stereocenters. The van der Waals surface area contributed by atoms with Crippen LogP contribution in [0.4, 0.5) is 13.2 Å². The standard InChI is InChI=1S/C11H7F3OS/c1-8(15)10-4-2-9(3-5-10)6-7-16-11(12,13)14/h2-5H,1H3. The van der Waals surface area contributed by atoms with Gasteiger partial charge in [-0.15, -0.1) is 0 Å². The molecule has 0 aliphatic rings. The number of hydrogen-bond donors (Lipinski definition) is 0. The van der Waals surface area contributed by atoms with Gasteiger partial charge in [0.25, 0.3) is 0 Å². The number of hydrogen-bond acceptors (Lipinski definition) is 2. The minimum absolute atomic E-state index is 0.0934. The molecule has 1 aromatic carbocycles. The second-order valence-corrected chi connectivity index (χ2v) is 3.78. The first-order valence-corrected chi connectivity index (χ1v) is 5.07. The van der Waals surface area contributed by atoms with Crippen molar-refractivity contribution in [2.45, 2.75) is 12.4 Å². The van der Waals surface area contributed by atoms with Crippen molar-refractivity contribution in [1.82, 2.24) is 0 Å². The molecule has 0 amide bonds. The van der Waals surface area contributed by atoms with Crippen LogP contribution >= 0.6 is 11.8 Å². The van der Waals surface area contributed by atoms with Gasteiger partial charge in [0, 0.05) is 22.9 Å². The zero-order valence-corrected chi connectivity index (χ0v) is 9.08. The fourth-order valence-electron chi connectivity index (χ4n) is 0.931. The predicted molar refractivity (Wildman–Crippen MR) is 57.0 cm³/mol. The van der Waals surface area contributed by atoms with Gasteiger partial charge in [-0.2, -0.15) is 13.2 Å². The van der Waals surface area contributed by atoms with Crippen LogP contribution in [0.3, 0.4) is 0 Å². The first kappa shape index (κ1) is 12.7. The van der Waals surface area contributed by atoms with E-state index in [2.05, 4.69) is 5.92 Å². The van der Waals surface area contributed by atoms with Gasteiger partial charge in [0.05, 0.1) is 0 Å². The number of alkyl halides is 3. The minimum atomic E-state index is -4.34. The number of Topliss-reactive ketones (excluding diaryl/α,β-unsaturated/α-hetero) is 1. The Bertz CT molecular complexity index is 437. The molecule has 1 rings (SSSR count). The maximum absolute atomic E-state index is 11.7. The van der Waals surface area contributed by atoms with Crippen LogP contribution in [0, 0.1) is 11.2 Å². The third kappa shape index (κ3) is 4.41. The van der Waals surface area contributed by atoms with Crippen molar-refractivity contribution >= 4 is 17.5 Å². The minimum Gasteiger partial charge on any atom is -0.295 e. The Kier molecular flexibility index (Phi) is 4.02. The van der Waals surface area contributed by atoms with E-state index in [0.717, 1.165) is 0 Å². The number of thioether (sulfide) groups is 1. The highest BCUT2D eigenvalue weighted by atomic mass is 32.2. The molecule has 0 aliphatic heterocycles. The molecule has 16 heavy (non-hydrogen) atoms. The summed E-state index contributed by atoms with van der Waals surface area (Å²) in [4.78, 5) is 10.9. The maximum Gasteiger partial charge on any atom is 0.453 e. The van der Waals surface area contributed by atoms with E-state index in [1.807, 2.05) is 5.25 Å². The third-order valence-electron chi connectivity index (χ3n) is 1.65. The molecule has 1 aromatic rings. The van der Waals surface area contributed by atoms with Gasteiger partial charge in [-0.25, -0.2) is 0 Å². The molecule has 1 nitrogen and oxygen atoms in total. The van der Waals surface area contributed by atoms with Crippen molar-refractivity contribution in [3.8, 4) is 11.2 Å². The monoisotopic (exact) mass is 244 g/mol. The third-order valence-corrected chi connectivity index (χ3v) is 2.09. The topological polar surface area (TPSA) is 17.1 Å². The lowest BCUT2D eigenvalue weighted by Gasteiger charge is -1.97. The fraction of sp³-hybridized carbons (Fsp3) is 0.182. The second kappa shape index (κ2) is 5.08. The van der Waals surface area contributed by atoms with Crippen molar-refractivity contribution < 1.29 is 18.0 Å². The summed E-state index contributed by atoms with van der Waals surface area (Å²) in [5.41, 5.74) is -3.39. The van der Waals surface area contributed by atoms with Crippen LogP contribution in [0.1, 0.15) is 22.8 Å². The molecule has 5 heteroatoms. The van der Waals surface area contributed by atoms with Crippen molar-refractivity contribution in [3.05, 3.63) is 35.4 Å². The molecule has 0 fully saturated rings. The van der Waals surface area contributed by atoms with E-state index < -0.39 is 5.51 Å². The summed E-state index contributed by atoms with van der Waals surface area (Å²) in [7, 11) is 0. The van der Waals surface area contributed by atoms with Gasteiger partial charge in [-0.05, 0) is 24.3 Å². The van der Waals surface area contributed by atoms with Gasteiger partial charge in [0.15, 0.2) is 5.78 Å². The molecule has 0 bridgehead atoms. The van der Waals surface area contributed by atoms with E-state index >= 15 is 0 Å². The quantitative estimate of drug-likeness (QED) is 0.556. The lowest BCUT2D eigenvalue weighted by molar-refractivity contribution is -0.0318. The average molecular weight is 244 g/mol. The van der Waals surface area contributed by atoms with Crippen LogP contribution in [0.5, 0.6) is 0 Å². The number of rotatable bonds is 1. The van der Waals surface area contributed by atoms with E-state index in [0.29, 0.717) is 11.1 Å². The zero-order valence-electron chi connectivity index (χ0n) is 8.26. The summed E-state index contributed by atoms with van der Waals surface area (Å²) in [6.07, 6.45) is 0. The molecular formula is C11H7F3OS. The number of benzene rings is 1. The van der Waals surface area contributed by atoms with Gasteiger partial charge in [0.2, 0.25) is 0 Å². The van der Waals surface area contributed by atoms with Crippen LogP contribution in [-0.4, -0.2) is 11.3 Å². The fourth-order valence-corrected chi connectivity index (χ4v) is 1.22. The highest BCUT2D eigenvalue weighted by Gasteiger charge is 2.27. The van der Waals surface area contributed by atoms with Gasteiger partial charge < -0.3 is 0 Å². The lowest BCUT2D eigenvalue weighted by Crippen LogP contribution is -1.96. The molecule has 0 aromatic heterocycles. The number of ketones is 1. The Balaban J connectivity index is 2.72. The molecule has 84 valence electrons. The summed E-state index contributed by atoms with van der Waals surface area (Å²) in [6.45, 7) is 1.42. The predicted octanol–water partition coefficient (Wildman–Crippen LogP) is 3.45. The van der Waals surface area contributed by atoms with Gasteiger partial charge in [-0.3, -0.25) is 4.79 Å². The number of carbonyl (C=O) groups excluding carboxylic acids is 1. The summed E-state index contributed by atoms with van der Waals surface area (Å²) < 4.78 is 35.2. The van der Waals surface area contributed by atoms with E-state index in [1.54, 1.807) is 0 Å². The zero-order chi connectivity index (χ0) is 12.2. The van der Waals surface area contributed by atoms with E-state index in [9.17, 15) is 18.0 Å². The number of halogens is 3. The Morgan fingerprint density at radius 1 is 1.25 bits per heavy atom. The van der Waals surface area contributed by atoms with Crippen molar-refractivity contribution in [2.75, 3.05) is 0 Å². The van der Waals surface area contributed by atoms with Gasteiger partial charge in [-0.1, -0.05) is 18.1 Å². The molecule has 0 radical (unpaired) electrons. The Hall–Kier alpha value is -1.41. The molecule has 0 atom stereocenters. The molecule has 0 aliphatic carbocycles. The molecular weight excluding hydrogens is 237 g/mol. The Labute approximate surface area is 95.0 Å². The van der Waals surface area contributed by atoms with E-state index in [1.165, 1.54) is 31.2 Å². The van der Waals surface area contributed by atoms with Crippen LogP contribution in [0.2, 0.25) is 0 Å². The second-order valence-electron chi connectivity index (χ2n) is 2.91. The molecule has 0 saturated heterocycles. The van der Waals surface area contributed by atoms with Crippen molar-refractivity contribution in [1.29, 1.82) is 0 Å². The average Bonchev–Trinajstić information content (AvgIpc) is 2.16. The van der Waals surface area contributed by atoms with E-state index in [-0.39, 0.29) is 17.5 Å². The SMILES string of the molecule is CC(=O)c1ccc(C#CSC(F)(F)F)cc1. The van der Waals surface area contributed by atoms with Gasteiger partial charge >= 0.3 is 5.51 Å². The summed E-state index contributed by atoms with van der Waals surface area (Å²) in [5, 5.41) is 1.95. The first-order valence-electron chi connectivity index (χ1n) is 4.25. The van der Waals surface area contributed by atoms with Gasteiger partial charge in [0.1, 0.15) is 0 Å². The highest BCUT2D eigenvalue weighted by molar-refractivity contribution is 8.04. The number of carbonyl (C=O) groups is 1. The molecule has 0 saturated carbocycles. The first-order chi connectivity index (χ1) is 7.38. The summed E-state index contributed by atoms with van der Waals surface area (Å²) in [6, 6.07) is 6.09. The largest absolute Gasteiger partial charge is 0.453 e. The van der Waals surface area contributed by atoms with E-state index in [4.69, 9.17) is 0 Å². The normalized spacial score (nSPS) is 10.5. The maximum atomic E-state index is 11.7. The van der Waals surface area contributed by atoms with Crippen LogP contribution in [0.25, 0.3) is 0 Å². The molecule has 0 N–H and O–H groups in total. The smallest absolute Gasteiger partial charge is 0.295 e. The Morgan fingerprint density at radius 2 is 1.81 bits per heavy atom.